The van der Waals surface area contributed by atoms with Gasteiger partial charge in [-0.15, -0.1) is 11.6 Å². The van der Waals surface area contributed by atoms with Crippen molar-refractivity contribution in [3.63, 3.8) is 0 Å². The topological polar surface area (TPSA) is 51.0 Å². The number of carbonyl (C=O) groups is 1. The molecule has 0 aliphatic carbocycles. The Morgan fingerprint density at radius 1 is 1.43 bits per heavy atom. The lowest BCUT2D eigenvalue weighted by Gasteiger charge is -2.26. The number of alkyl halides is 1. The first-order valence-electron chi connectivity index (χ1n) is 6.88. The first-order chi connectivity index (χ1) is 10.0. The van der Waals surface area contributed by atoms with E-state index in [4.69, 9.17) is 11.6 Å². The van der Waals surface area contributed by atoms with E-state index in [1.807, 2.05) is 39.0 Å². The summed E-state index contributed by atoms with van der Waals surface area (Å²) in [6.07, 6.45) is 3.61. The van der Waals surface area contributed by atoms with Crippen molar-refractivity contribution in [1.29, 1.82) is 0 Å². The van der Waals surface area contributed by atoms with E-state index < -0.39 is 5.38 Å². The second-order valence-electron chi connectivity index (χ2n) is 5.01. The Balaban J connectivity index is 2.37. The molecule has 1 heterocycles. The summed E-state index contributed by atoms with van der Waals surface area (Å²) in [7, 11) is 0. The Bertz CT molecular complexity index is 612. The van der Waals surface area contributed by atoms with Crippen molar-refractivity contribution < 1.29 is 4.79 Å². The minimum absolute atomic E-state index is 0.124. The first-order valence-corrected chi connectivity index (χ1v) is 7.31. The van der Waals surface area contributed by atoms with Gasteiger partial charge in [-0.2, -0.15) is 5.10 Å². The summed E-state index contributed by atoms with van der Waals surface area (Å²) in [6.45, 7) is 6.20. The molecule has 2 aromatic rings. The summed E-state index contributed by atoms with van der Waals surface area (Å²) in [5.41, 5.74) is 3.03. The van der Waals surface area contributed by atoms with E-state index in [0.29, 0.717) is 13.1 Å². The Kier molecular flexibility index (Phi) is 4.96. The smallest absolute Gasteiger partial charge is 0.246 e. The van der Waals surface area contributed by atoms with Gasteiger partial charge < -0.3 is 0 Å². The fourth-order valence-electron chi connectivity index (χ4n) is 2.17. The first kappa shape index (κ1) is 15.5. The number of halogens is 1. The zero-order valence-corrected chi connectivity index (χ0v) is 13.2. The summed E-state index contributed by atoms with van der Waals surface area (Å²) in [5.74, 6) is -0.124. The summed E-state index contributed by atoms with van der Waals surface area (Å²) in [6, 6.07) is 5.98. The van der Waals surface area contributed by atoms with Gasteiger partial charge >= 0.3 is 0 Å². The van der Waals surface area contributed by atoms with E-state index in [1.165, 1.54) is 6.33 Å². The second kappa shape index (κ2) is 6.72. The molecule has 1 unspecified atom stereocenters. The maximum Gasteiger partial charge on any atom is 0.246 e. The normalized spacial score (nSPS) is 12.2. The van der Waals surface area contributed by atoms with Crippen molar-refractivity contribution in [3.05, 3.63) is 42.0 Å². The molecule has 0 bridgehead atoms. The second-order valence-corrected chi connectivity index (χ2v) is 5.54. The Morgan fingerprint density at radius 3 is 2.76 bits per heavy atom. The number of hydrogen-bond donors (Lipinski definition) is 0. The number of nitrogens with zero attached hydrogens (tertiary/aromatic N) is 4. The third-order valence-corrected chi connectivity index (χ3v) is 3.78. The Morgan fingerprint density at radius 2 is 2.19 bits per heavy atom. The predicted octanol–water partition coefficient (Wildman–Crippen LogP) is 2.90. The molecule has 1 amide bonds. The monoisotopic (exact) mass is 306 g/mol. The van der Waals surface area contributed by atoms with Gasteiger partial charge in [-0.1, -0.05) is 24.6 Å². The van der Waals surface area contributed by atoms with Gasteiger partial charge in [0.15, 0.2) is 0 Å². The molecule has 1 aromatic carbocycles. The molecule has 1 aromatic heterocycles. The molecule has 0 N–H and O–H groups in total. The molecular formula is C15H19ClN4O. The summed E-state index contributed by atoms with van der Waals surface area (Å²) < 4.78 is 1.61. The van der Waals surface area contributed by atoms with Crippen LogP contribution in [0, 0.1) is 13.8 Å². The molecule has 5 nitrogen and oxygen atoms in total. The van der Waals surface area contributed by atoms with Crippen LogP contribution < -0.4 is 4.90 Å². The van der Waals surface area contributed by atoms with Gasteiger partial charge in [-0.3, -0.25) is 9.69 Å². The van der Waals surface area contributed by atoms with Gasteiger partial charge in [0.1, 0.15) is 24.7 Å². The maximum atomic E-state index is 12.6. The number of aromatic nitrogens is 3. The standard InChI is InChI=1S/C15H19ClN4O/c1-4-13(16)15(21)20(10-19-9-17-8-18-19)14-6-5-11(2)7-12(14)3/h5-9,13H,4,10H2,1-3H3. The summed E-state index contributed by atoms with van der Waals surface area (Å²) in [4.78, 5) is 18.1. The zero-order valence-electron chi connectivity index (χ0n) is 12.5. The van der Waals surface area contributed by atoms with Crippen LogP contribution in [0.4, 0.5) is 5.69 Å². The van der Waals surface area contributed by atoms with Crippen LogP contribution in [0.1, 0.15) is 24.5 Å². The summed E-state index contributed by atoms with van der Waals surface area (Å²) >= 11 is 6.15. The molecule has 6 heteroatoms. The van der Waals surface area contributed by atoms with Crippen LogP contribution in [0.2, 0.25) is 0 Å². The van der Waals surface area contributed by atoms with Crippen LogP contribution >= 0.6 is 11.6 Å². The molecule has 0 fully saturated rings. The van der Waals surface area contributed by atoms with Crippen molar-refractivity contribution in [2.45, 2.75) is 39.2 Å². The van der Waals surface area contributed by atoms with Gasteiger partial charge in [0.05, 0.1) is 0 Å². The number of hydrogen-bond acceptors (Lipinski definition) is 3. The van der Waals surface area contributed by atoms with Gasteiger partial charge in [-0.05, 0) is 31.9 Å². The van der Waals surface area contributed by atoms with Crippen LogP contribution in [-0.2, 0) is 11.5 Å². The number of rotatable bonds is 5. The third kappa shape index (κ3) is 3.61. The van der Waals surface area contributed by atoms with Crippen molar-refractivity contribution in [2.24, 2.45) is 0 Å². The minimum Gasteiger partial charge on any atom is -0.291 e. The highest BCUT2D eigenvalue weighted by molar-refractivity contribution is 6.32. The van der Waals surface area contributed by atoms with Crippen LogP contribution in [0.15, 0.2) is 30.9 Å². The Hall–Kier alpha value is -1.88. The summed E-state index contributed by atoms with van der Waals surface area (Å²) in [5, 5.41) is 3.52. The van der Waals surface area contributed by atoms with Crippen LogP contribution in [0.3, 0.4) is 0 Å². The highest BCUT2D eigenvalue weighted by atomic mass is 35.5. The molecule has 0 aliphatic heterocycles. The van der Waals surface area contributed by atoms with Crippen molar-refractivity contribution in [1.82, 2.24) is 14.8 Å². The molecule has 0 radical (unpaired) electrons. The molecule has 0 saturated carbocycles. The molecule has 21 heavy (non-hydrogen) atoms. The van der Waals surface area contributed by atoms with E-state index >= 15 is 0 Å². The molecular weight excluding hydrogens is 288 g/mol. The number of benzene rings is 1. The molecule has 0 spiro atoms. The van der Waals surface area contributed by atoms with E-state index in [0.717, 1.165) is 16.8 Å². The SMILES string of the molecule is CCC(Cl)C(=O)N(Cn1cncn1)c1ccc(C)cc1C. The van der Waals surface area contributed by atoms with Crippen LogP contribution in [0.5, 0.6) is 0 Å². The van der Waals surface area contributed by atoms with Crippen molar-refractivity contribution in [3.8, 4) is 0 Å². The number of amides is 1. The highest BCUT2D eigenvalue weighted by Gasteiger charge is 2.24. The highest BCUT2D eigenvalue weighted by Crippen LogP contribution is 2.24. The average Bonchev–Trinajstić information content (AvgIpc) is 2.97. The molecule has 0 aliphatic rings. The van der Waals surface area contributed by atoms with Crippen molar-refractivity contribution in [2.75, 3.05) is 4.90 Å². The number of carbonyl (C=O) groups excluding carboxylic acids is 1. The number of aryl methyl sites for hydroxylation is 2. The van der Waals surface area contributed by atoms with Gasteiger partial charge in [0.2, 0.25) is 5.91 Å². The van der Waals surface area contributed by atoms with E-state index in [-0.39, 0.29) is 5.91 Å². The van der Waals surface area contributed by atoms with Crippen LogP contribution in [-0.4, -0.2) is 26.0 Å². The molecule has 112 valence electrons. The molecule has 1 atom stereocenters. The minimum atomic E-state index is -0.547. The largest absolute Gasteiger partial charge is 0.291 e. The lowest BCUT2D eigenvalue weighted by atomic mass is 10.1. The Labute approximate surface area is 129 Å². The van der Waals surface area contributed by atoms with Crippen LogP contribution in [0.25, 0.3) is 0 Å². The van der Waals surface area contributed by atoms with Gasteiger partial charge in [0, 0.05) is 5.69 Å². The van der Waals surface area contributed by atoms with E-state index in [9.17, 15) is 4.79 Å². The quantitative estimate of drug-likeness (QED) is 0.798. The fourth-order valence-corrected chi connectivity index (χ4v) is 2.28. The lowest BCUT2D eigenvalue weighted by molar-refractivity contribution is -0.118. The average molecular weight is 307 g/mol. The third-order valence-electron chi connectivity index (χ3n) is 3.29. The number of anilines is 1. The maximum absolute atomic E-state index is 12.6. The fraction of sp³-hybridized carbons (Fsp3) is 0.400. The zero-order chi connectivity index (χ0) is 15.4. The van der Waals surface area contributed by atoms with Gasteiger partial charge in [-0.25, -0.2) is 9.67 Å². The van der Waals surface area contributed by atoms with E-state index in [2.05, 4.69) is 10.1 Å². The van der Waals surface area contributed by atoms with E-state index in [1.54, 1.807) is 15.9 Å². The molecule has 2 rings (SSSR count). The van der Waals surface area contributed by atoms with Crippen molar-refractivity contribution >= 4 is 23.2 Å². The van der Waals surface area contributed by atoms with Gasteiger partial charge in [0.25, 0.3) is 0 Å². The molecule has 0 saturated heterocycles. The lowest BCUT2D eigenvalue weighted by Crippen LogP contribution is -2.38. The predicted molar refractivity (Wildman–Crippen MR) is 83.4 cm³/mol.